The van der Waals surface area contributed by atoms with Crippen molar-refractivity contribution in [1.29, 1.82) is 0 Å². The van der Waals surface area contributed by atoms with Crippen LogP contribution in [-0.4, -0.2) is 34.2 Å². The highest BCUT2D eigenvalue weighted by atomic mass is 35.5. The van der Waals surface area contributed by atoms with Gasteiger partial charge >= 0.3 is 0 Å². The smallest absolute Gasteiger partial charge is 0.223 e. The lowest BCUT2D eigenvalue weighted by Crippen LogP contribution is -2.20. The van der Waals surface area contributed by atoms with Crippen molar-refractivity contribution >= 4 is 29.3 Å². The lowest BCUT2D eigenvalue weighted by molar-refractivity contribution is -0.121. The van der Waals surface area contributed by atoms with Crippen molar-refractivity contribution in [2.45, 2.75) is 28.9 Å². The van der Waals surface area contributed by atoms with Crippen molar-refractivity contribution in [3.05, 3.63) is 59.5 Å². The molecule has 5 nitrogen and oxygen atoms in total. The highest BCUT2D eigenvalue weighted by Crippen LogP contribution is 2.48. The van der Waals surface area contributed by atoms with Gasteiger partial charge in [0.1, 0.15) is 22.4 Å². The first kappa shape index (κ1) is 19.9. The summed E-state index contributed by atoms with van der Waals surface area (Å²) in [6, 6.07) is 11.7. The number of imidazole rings is 1. The molecule has 1 saturated carbocycles. The summed E-state index contributed by atoms with van der Waals surface area (Å²) >= 11 is 7.35. The van der Waals surface area contributed by atoms with E-state index in [2.05, 4.69) is 15.3 Å². The molecular formula is C21H20ClFN4OS. The maximum Gasteiger partial charge on any atom is 0.223 e. The molecule has 0 radical (unpaired) electrons. The summed E-state index contributed by atoms with van der Waals surface area (Å²) in [4.78, 5) is 20.6. The Labute approximate surface area is 177 Å². The van der Waals surface area contributed by atoms with Crippen molar-refractivity contribution in [1.82, 2.24) is 19.9 Å². The summed E-state index contributed by atoms with van der Waals surface area (Å²) in [7, 11) is 1.67. The Kier molecular flexibility index (Phi) is 5.87. The number of benzene rings is 1. The van der Waals surface area contributed by atoms with Crippen LogP contribution in [0.4, 0.5) is 4.39 Å². The predicted molar refractivity (Wildman–Crippen MR) is 112 cm³/mol. The maximum absolute atomic E-state index is 13.0. The summed E-state index contributed by atoms with van der Waals surface area (Å²) in [5.74, 6) is 0.440. The van der Waals surface area contributed by atoms with Crippen LogP contribution in [0.2, 0.25) is 5.02 Å². The normalized spacial score (nSPS) is 17.9. The predicted octanol–water partition coefficient (Wildman–Crippen LogP) is 4.57. The maximum atomic E-state index is 13.0. The summed E-state index contributed by atoms with van der Waals surface area (Å²) in [5, 5.41) is 4.88. The minimum atomic E-state index is -0.473. The van der Waals surface area contributed by atoms with Crippen LogP contribution in [0.15, 0.2) is 59.0 Å². The van der Waals surface area contributed by atoms with E-state index < -0.39 is 6.67 Å². The molecule has 2 heterocycles. The largest absolute Gasteiger partial charge is 0.359 e. The van der Waals surface area contributed by atoms with E-state index in [0.29, 0.717) is 5.02 Å². The molecule has 4 rings (SSSR count). The third-order valence-electron chi connectivity index (χ3n) is 5.00. The molecule has 0 saturated heterocycles. The molecule has 0 aliphatic heterocycles. The summed E-state index contributed by atoms with van der Waals surface area (Å²) in [6.07, 6.45) is 4.13. The fraction of sp³-hybridized carbons (Fsp3) is 0.286. The van der Waals surface area contributed by atoms with Gasteiger partial charge in [0.05, 0.1) is 17.9 Å². The molecule has 1 aliphatic rings. The summed E-state index contributed by atoms with van der Waals surface area (Å²) in [5.41, 5.74) is 2.88. The van der Waals surface area contributed by atoms with Crippen molar-refractivity contribution < 1.29 is 9.18 Å². The monoisotopic (exact) mass is 430 g/mol. The van der Waals surface area contributed by atoms with Gasteiger partial charge in [-0.05, 0) is 41.8 Å². The standard InChI is InChI=1S/C21H20ClFN4OS/c1-24-20(28)17-10-16(17)13-2-4-14(5-3-13)19-21(27(9-8-23)12-26-19)29-18-7-6-15(22)11-25-18/h2-7,11-12,16-17H,8-10H2,1H3,(H,24,28)/t16-,17+/m0/s1. The number of alkyl halides is 1. The van der Waals surface area contributed by atoms with Gasteiger partial charge in [-0.15, -0.1) is 0 Å². The van der Waals surface area contributed by atoms with E-state index in [1.165, 1.54) is 11.8 Å². The SMILES string of the molecule is CNC(=O)[C@@H]1C[C@H]1c1ccc(-c2ncn(CCF)c2Sc2ccc(Cl)cn2)cc1. The minimum absolute atomic E-state index is 0.0664. The Bertz CT molecular complexity index is 1010. The van der Waals surface area contributed by atoms with Gasteiger partial charge in [-0.1, -0.05) is 35.9 Å². The van der Waals surface area contributed by atoms with Gasteiger partial charge < -0.3 is 9.88 Å². The number of halogens is 2. The van der Waals surface area contributed by atoms with E-state index in [-0.39, 0.29) is 24.3 Å². The number of hydrogen-bond donors (Lipinski definition) is 1. The molecule has 0 unspecified atom stereocenters. The number of amides is 1. The second-order valence-electron chi connectivity index (χ2n) is 6.88. The third kappa shape index (κ3) is 4.31. The zero-order chi connectivity index (χ0) is 20.4. The zero-order valence-electron chi connectivity index (χ0n) is 15.8. The fourth-order valence-electron chi connectivity index (χ4n) is 3.37. The van der Waals surface area contributed by atoms with Crippen LogP contribution in [0.5, 0.6) is 0 Å². The van der Waals surface area contributed by atoms with Gasteiger partial charge in [0.25, 0.3) is 0 Å². The number of aromatic nitrogens is 3. The van der Waals surface area contributed by atoms with Gasteiger partial charge in [0.2, 0.25) is 5.91 Å². The highest BCUT2D eigenvalue weighted by molar-refractivity contribution is 7.99. The van der Waals surface area contributed by atoms with Crippen LogP contribution in [0.1, 0.15) is 17.9 Å². The van der Waals surface area contributed by atoms with Crippen molar-refractivity contribution in [3.8, 4) is 11.3 Å². The number of hydrogen-bond acceptors (Lipinski definition) is 4. The molecule has 1 aliphatic carbocycles. The first-order valence-electron chi connectivity index (χ1n) is 9.33. The Hall–Kier alpha value is -2.38. The Morgan fingerprint density at radius 2 is 2.07 bits per heavy atom. The van der Waals surface area contributed by atoms with E-state index in [4.69, 9.17) is 11.6 Å². The molecule has 1 amide bonds. The number of carbonyl (C=O) groups is 1. The molecule has 1 fully saturated rings. The van der Waals surface area contributed by atoms with E-state index in [1.807, 2.05) is 30.3 Å². The molecule has 1 N–H and O–H groups in total. The lowest BCUT2D eigenvalue weighted by atomic mass is 10.1. The molecule has 3 aromatic rings. The van der Waals surface area contributed by atoms with E-state index >= 15 is 0 Å². The Morgan fingerprint density at radius 1 is 1.28 bits per heavy atom. The number of rotatable bonds is 7. The van der Waals surface area contributed by atoms with Crippen molar-refractivity contribution in [3.63, 3.8) is 0 Å². The van der Waals surface area contributed by atoms with Gasteiger partial charge in [-0.2, -0.15) is 0 Å². The number of carbonyl (C=O) groups excluding carboxylic acids is 1. The topological polar surface area (TPSA) is 59.8 Å². The molecule has 0 bridgehead atoms. The van der Waals surface area contributed by atoms with Crippen LogP contribution < -0.4 is 5.32 Å². The number of nitrogens with zero attached hydrogens (tertiary/aromatic N) is 3. The minimum Gasteiger partial charge on any atom is -0.359 e. The average molecular weight is 431 g/mol. The number of aryl methyl sites for hydroxylation is 1. The van der Waals surface area contributed by atoms with Crippen molar-refractivity contribution in [2.24, 2.45) is 5.92 Å². The number of nitrogens with one attached hydrogen (secondary N) is 1. The van der Waals surface area contributed by atoms with Crippen LogP contribution in [0.25, 0.3) is 11.3 Å². The molecule has 29 heavy (non-hydrogen) atoms. The summed E-state index contributed by atoms with van der Waals surface area (Å²) < 4.78 is 14.8. The third-order valence-corrected chi connectivity index (χ3v) is 6.30. The summed E-state index contributed by atoms with van der Waals surface area (Å²) in [6.45, 7) is -0.240. The van der Waals surface area contributed by atoms with E-state index in [0.717, 1.165) is 33.3 Å². The molecular weight excluding hydrogens is 411 g/mol. The van der Waals surface area contributed by atoms with E-state index in [1.54, 1.807) is 30.2 Å². The molecule has 2 aromatic heterocycles. The van der Waals surface area contributed by atoms with Gasteiger partial charge in [-0.25, -0.2) is 14.4 Å². The molecule has 1 aromatic carbocycles. The van der Waals surface area contributed by atoms with Crippen LogP contribution >= 0.6 is 23.4 Å². The number of pyridine rings is 1. The van der Waals surface area contributed by atoms with Crippen LogP contribution in [0.3, 0.4) is 0 Å². The van der Waals surface area contributed by atoms with Gasteiger partial charge in [-0.3, -0.25) is 4.79 Å². The first-order valence-corrected chi connectivity index (χ1v) is 10.5. The average Bonchev–Trinajstić information content (AvgIpc) is 3.46. The first-order chi connectivity index (χ1) is 14.1. The Morgan fingerprint density at radius 3 is 2.72 bits per heavy atom. The highest BCUT2D eigenvalue weighted by Gasteiger charge is 2.43. The quantitative estimate of drug-likeness (QED) is 0.596. The molecule has 150 valence electrons. The lowest BCUT2D eigenvalue weighted by Gasteiger charge is -2.09. The van der Waals surface area contributed by atoms with Crippen molar-refractivity contribution in [2.75, 3.05) is 13.7 Å². The van der Waals surface area contributed by atoms with Gasteiger partial charge in [0.15, 0.2) is 0 Å². The second kappa shape index (κ2) is 8.55. The molecule has 8 heteroatoms. The molecule has 0 spiro atoms. The van der Waals surface area contributed by atoms with E-state index in [9.17, 15) is 9.18 Å². The van der Waals surface area contributed by atoms with Crippen LogP contribution in [0, 0.1) is 5.92 Å². The van der Waals surface area contributed by atoms with Gasteiger partial charge in [0, 0.05) is 24.7 Å². The molecule has 2 atom stereocenters. The zero-order valence-corrected chi connectivity index (χ0v) is 17.4. The Balaban J connectivity index is 1.59. The second-order valence-corrected chi connectivity index (χ2v) is 8.33. The van der Waals surface area contributed by atoms with Crippen LogP contribution in [-0.2, 0) is 11.3 Å². The fourth-order valence-corrected chi connectivity index (χ4v) is 4.45.